The molecule has 2 rings (SSSR count). The zero-order chi connectivity index (χ0) is 13.1. The topological polar surface area (TPSA) is 72.0 Å². The number of carbonyl (C=O) groups is 1. The van der Waals surface area contributed by atoms with E-state index < -0.39 is 17.2 Å². The van der Waals surface area contributed by atoms with E-state index in [2.05, 4.69) is 14.9 Å². The van der Waals surface area contributed by atoms with Crippen molar-refractivity contribution in [1.82, 2.24) is 10.2 Å². The van der Waals surface area contributed by atoms with Crippen LogP contribution in [0, 0.1) is 5.82 Å². The second kappa shape index (κ2) is 4.79. The normalized spacial score (nSPS) is 10.1. The number of ether oxygens (including phenoxy) is 1. The summed E-state index contributed by atoms with van der Waals surface area (Å²) < 4.78 is 17.2. The fourth-order valence-electron chi connectivity index (χ4n) is 1.48. The van der Waals surface area contributed by atoms with E-state index in [-0.39, 0.29) is 11.3 Å². The number of hydrogen-bond acceptors (Lipinski definition) is 4. The van der Waals surface area contributed by atoms with Crippen LogP contribution in [0.15, 0.2) is 35.3 Å². The van der Waals surface area contributed by atoms with Crippen LogP contribution in [0.1, 0.15) is 10.5 Å². The molecule has 0 saturated carbocycles. The van der Waals surface area contributed by atoms with Crippen LogP contribution >= 0.6 is 0 Å². The summed E-state index contributed by atoms with van der Waals surface area (Å²) >= 11 is 0. The molecule has 0 radical (unpaired) electrons. The van der Waals surface area contributed by atoms with Crippen molar-refractivity contribution < 1.29 is 13.9 Å². The quantitative estimate of drug-likeness (QED) is 0.814. The number of benzene rings is 1. The molecular formula is C12H9FN2O3. The number of aromatic amines is 1. The minimum absolute atomic E-state index is 0.227. The molecule has 0 atom stereocenters. The molecule has 6 heteroatoms. The number of aromatic nitrogens is 2. The van der Waals surface area contributed by atoms with Crippen LogP contribution in [0.5, 0.6) is 0 Å². The average molecular weight is 248 g/mol. The molecule has 5 nitrogen and oxygen atoms in total. The van der Waals surface area contributed by atoms with E-state index in [9.17, 15) is 14.0 Å². The van der Waals surface area contributed by atoms with Crippen molar-refractivity contribution in [3.63, 3.8) is 0 Å². The van der Waals surface area contributed by atoms with Crippen molar-refractivity contribution in [3.8, 4) is 11.1 Å². The van der Waals surface area contributed by atoms with Gasteiger partial charge in [-0.3, -0.25) is 9.89 Å². The van der Waals surface area contributed by atoms with E-state index in [1.54, 1.807) is 0 Å². The Morgan fingerprint density at radius 2 is 2.00 bits per heavy atom. The number of carbonyl (C=O) groups excluding carboxylic acids is 1. The van der Waals surface area contributed by atoms with Crippen LogP contribution in [-0.2, 0) is 4.74 Å². The van der Waals surface area contributed by atoms with Gasteiger partial charge in [0.2, 0.25) is 11.1 Å². The van der Waals surface area contributed by atoms with Gasteiger partial charge in [0.15, 0.2) is 0 Å². The lowest BCUT2D eigenvalue weighted by Gasteiger charge is -2.02. The molecule has 0 fully saturated rings. The van der Waals surface area contributed by atoms with E-state index in [0.717, 1.165) is 7.11 Å². The predicted molar refractivity (Wildman–Crippen MR) is 61.6 cm³/mol. The van der Waals surface area contributed by atoms with Gasteiger partial charge in [-0.1, -0.05) is 12.1 Å². The molecule has 18 heavy (non-hydrogen) atoms. The molecule has 1 heterocycles. The van der Waals surface area contributed by atoms with Crippen LogP contribution in [0.2, 0.25) is 0 Å². The number of halogens is 1. The SMILES string of the molecule is COC(=O)c1n[nH]cc(-c2ccc(F)cc2)c1=O. The Kier molecular flexibility index (Phi) is 3.18. The Morgan fingerprint density at radius 3 is 2.61 bits per heavy atom. The van der Waals surface area contributed by atoms with E-state index in [1.807, 2.05) is 0 Å². The van der Waals surface area contributed by atoms with Crippen LogP contribution in [0.3, 0.4) is 0 Å². The second-order valence-corrected chi connectivity index (χ2v) is 3.48. The average Bonchev–Trinajstić information content (AvgIpc) is 2.39. The van der Waals surface area contributed by atoms with Gasteiger partial charge in [-0.25, -0.2) is 9.18 Å². The first-order chi connectivity index (χ1) is 8.63. The van der Waals surface area contributed by atoms with Crippen LogP contribution in [0.4, 0.5) is 4.39 Å². The standard InChI is InChI=1S/C12H9FN2O3/c1-18-12(17)10-11(16)9(6-14-15-10)7-2-4-8(13)5-3-7/h2-6H,1H3,(H,14,16). The molecule has 92 valence electrons. The van der Waals surface area contributed by atoms with E-state index in [0.29, 0.717) is 5.56 Å². The smallest absolute Gasteiger partial charge is 0.362 e. The van der Waals surface area contributed by atoms with Crippen molar-refractivity contribution in [2.45, 2.75) is 0 Å². The van der Waals surface area contributed by atoms with E-state index in [4.69, 9.17) is 0 Å². The van der Waals surface area contributed by atoms with Crippen molar-refractivity contribution in [1.29, 1.82) is 0 Å². The van der Waals surface area contributed by atoms with E-state index in [1.165, 1.54) is 30.5 Å². The third kappa shape index (κ3) is 2.13. The zero-order valence-corrected chi connectivity index (χ0v) is 9.44. The van der Waals surface area contributed by atoms with Gasteiger partial charge < -0.3 is 4.74 Å². The molecular weight excluding hydrogens is 239 g/mol. The monoisotopic (exact) mass is 248 g/mol. The maximum absolute atomic E-state index is 12.8. The number of rotatable bonds is 2. The Balaban J connectivity index is 2.56. The highest BCUT2D eigenvalue weighted by Gasteiger charge is 2.16. The third-order valence-electron chi connectivity index (χ3n) is 2.38. The minimum atomic E-state index is -0.819. The lowest BCUT2D eigenvalue weighted by atomic mass is 10.1. The van der Waals surface area contributed by atoms with Gasteiger partial charge >= 0.3 is 5.97 Å². The zero-order valence-electron chi connectivity index (χ0n) is 9.44. The van der Waals surface area contributed by atoms with Gasteiger partial charge in [-0.05, 0) is 17.7 Å². The van der Waals surface area contributed by atoms with Crippen LogP contribution < -0.4 is 5.43 Å². The lowest BCUT2D eigenvalue weighted by molar-refractivity contribution is 0.0591. The molecule has 0 spiro atoms. The summed E-state index contributed by atoms with van der Waals surface area (Å²) in [6.07, 6.45) is 1.35. The molecule has 1 aromatic heterocycles. The number of nitrogens with one attached hydrogen (secondary N) is 1. The predicted octanol–water partition coefficient (Wildman–Crippen LogP) is 1.36. The molecule has 1 aromatic carbocycles. The number of methoxy groups -OCH3 is 1. The molecule has 0 unspecified atom stereocenters. The third-order valence-corrected chi connectivity index (χ3v) is 2.38. The number of nitrogens with zero attached hydrogens (tertiary/aromatic N) is 1. The molecule has 0 aliphatic carbocycles. The molecule has 2 aromatic rings. The highest BCUT2D eigenvalue weighted by molar-refractivity contribution is 5.88. The van der Waals surface area contributed by atoms with Gasteiger partial charge in [-0.2, -0.15) is 5.10 Å². The summed E-state index contributed by atoms with van der Waals surface area (Å²) in [6, 6.07) is 5.35. The largest absolute Gasteiger partial charge is 0.464 e. The Bertz CT molecular complexity index is 635. The molecule has 1 N–H and O–H groups in total. The van der Waals surface area contributed by atoms with Gasteiger partial charge in [0.1, 0.15) is 5.82 Å². The fourth-order valence-corrected chi connectivity index (χ4v) is 1.48. The van der Waals surface area contributed by atoms with Crippen LogP contribution in [-0.4, -0.2) is 23.3 Å². The number of hydrogen-bond donors (Lipinski definition) is 1. The fraction of sp³-hybridized carbons (Fsp3) is 0.0833. The van der Waals surface area contributed by atoms with Gasteiger partial charge in [-0.15, -0.1) is 0 Å². The summed E-state index contributed by atoms with van der Waals surface area (Å²) in [5.74, 6) is -1.22. The Labute approximate surface area is 101 Å². The minimum Gasteiger partial charge on any atom is -0.464 e. The first-order valence-electron chi connectivity index (χ1n) is 5.06. The van der Waals surface area contributed by atoms with Crippen molar-refractivity contribution in [2.75, 3.05) is 7.11 Å². The molecule has 0 aliphatic heterocycles. The summed E-state index contributed by atoms with van der Waals surface area (Å²) in [5.41, 5.74) is -0.179. The maximum Gasteiger partial charge on any atom is 0.362 e. The highest BCUT2D eigenvalue weighted by Crippen LogP contribution is 2.14. The van der Waals surface area contributed by atoms with Crippen molar-refractivity contribution >= 4 is 5.97 Å². The van der Waals surface area contributed by atoms with Crippen molar-refractivity contribution in [3.05, 3.63) is 52.2 Å². The summed E-state index contributed by atoms with van der Waals surface area (Å²) in [6.45, 7) is 0. The molecule has 0 bridgehead atoms. The summed E-state index contributed by atoms with van der Waals surface area (Å²) in [5, 5.41) is 6.02. The van der Waals surface area contributed by atoms with E-state index >= 15 is 0 Å². The van der Waals surface area contributed by atoms with Crippen molar-refractivity contribution in [2.24, 2.45) is 0 Å². The lowest BCUT2D eigenvalue weighted by Crippen LogP contribution is -2.20. The molecule has 0 saturated heterocycles. The summed E-state index contributed by atoms with van der Waals surface area (Å²) in [7, 11) is 1.16. The maximum atomic E-state index is 12.8. The van der Waals surface area contributed by atoms with Gasteiger partial charge in [0.05, 0.1) is 7.11 Å². The van der Waals surface area contributed by atoms with Gasteiger partial charge in [0, 0.05) is 11.8 Å². The Morgan fingerprint density at radius 1 is 1.33 bits per heavy atom. The highest BCUT2D eigenvalue weighted by atomic mass is 19.1. The molecule has 0 amide bonds. The first kappa shape index (κ1) is 12.0. The summed E-state index contributed by atoms with van der Waals surface area (Å²) in [4.78, 5) is 23.3. The first-order valence-corrected chi connectivity index (χ1v) is 5.06. The number of esters is 1. The number of H-pyrrole nitrogens is 1. The molecule has 0 aliphatic rings. The second-order valence-electron chi connectivity index (χ2n) is 3.48. The van der Waals surface area contributed by atoms with Gasteiger partial charge in [0.25, 0.3) is 0 Å². The van der Waals surface area contributed by atoms with Crippen LogP contribution in [0.25, 0.3) is 11.1 Å². The Hall–Kier alpha value is -2.50.